The molecule has 134 valence electrons. The summed E-state index contributed by atoms with van der Waals surface area (Å²) in [6.45, 7) is -1.08. The molecule has 0 unspecified atom stereocenters. The summed E-state index contributed by atoms with van der Waals surface area (Å²) in [5, 5.41) is 4.81. The van der Waals surface area contributed by atoms with Gasteiger partial charge in [0.1, 0.15) is 11.4 Å². The van der Waals surface area contributed by atoms with Crippen molar-refractivity contribution < 1.29 is 41.1 Å². The molecule has 25 heavy (non-hydrogen) atoms. The summed E-state index contributed by atoms with van der Waals surface area (Å²) in [6, 6.07) is 0. The van der Waals surface area contributed by atoms with Crippen molar-refractivity contribution >= 4 is 29.2 Å². The molecule has 0 atom stereocenters. The van der Waals surface area contributed by atoms with Gasteiger partial charge in [-0.25, -0.2) is 32.2 Å². The molecule has 1 aromatic carbocycles. The van der Waals surface area contributed by atoms with E-state index in [1.165, 1.54) is 5.32 Å². The van der Waals surface area contributed by atoms with Crippen molar-refractivity contribution in [3.05, 3.63) is 29.1 Å². The average molecular weight is 365 g/mol. The number of esters is 1. The third-order valence-electron chi connectivity index (χ3n) is 2.95. The van der Waals surface area contributed by atoms with Crippen LogP contribution in [0, 0.1) is 29.1 Å². The zero-order valence-electron chi connectivity index (χ0n) is 12.1. The van der Waals surface area contributed by atoms with E-state index in [-0.39, 0.29) is 18.6 Å². The highest BCUT2D eigenvalue weighted by Gasteiger charge is 2.27. The van der Waals surface area contributed by atoms with E-state index in [9.17, 15) is 36.3 Å². The Morgan fingerprint density at radius 1 is 1.00 bits per heavy atom. The van der Waals surface area contributed by atoms with Gasteiger partial charge in [0.25, 0.3) is 5.91 Å². The van der Waals surface area contributed by atoms with Crippen molar-refractivity contribution in [3.63, 3.8) is 0 Å². The smallest absolute Gasteiger partial charge is 0.355 e. The summed E-state index contributed by atoms with van der Waals surface area (Å²) >= 11 is 0. The number of amides is 2. The van der Waals surface area contributed by atoms with Crippen molar-refractivity contribution in [3.8, 4) is 0 Å². The van der Waals surface area contributed by atoms with Crippen LogP contribution in [-0.4, -0.2) is 30.1 Å². The Bertz CT molecular complexity index is 767. The molecule has 0 saturated heterocycles. The van der Waals surface area contributed by atoms with E-state index in [1.54, 1.807) is 0 Å². The monoisotopic (exact) mass is 365 g/mol. The third kappa shape index (κ3) is 3.89. The standard InChI is InChI=1S/C13H8F5N3O4/c14-7-8(15)10(17)12(11(18)9(7)16)19-6(23)3-25-13(24)4-1-2-5(22)21-20-4/h1-3H2,(H,19,23)(H,21,22). The van der Waals surface area contributed by atoms with E-state index in [2.05, 4.69) is 9.84 Å². The molecular weight excluding hydrogens is 357 g/mol. The minimum Gasteiger partial charge on any atom is -0.451 e. The normalized spacial score (nSPS) is 13.8. The highest BCUT2D eigenvalue weighted by Crippen LogP contribution is 2.26. The lowest BCUT2D eigenvalue weighted by molar-refractivity contribution is -0.140. The molecule has 12 heteroatoms. The molecule has 0 spiro atoms. The molecule has 2 amide bonds. The lowest BCUT2D eigenvalue weighted by atomic mass is 10.2. The van der Waals surface area contributed by atoms with Gasteiger partial charge < -0.3 is 10.1 Å². The number of carbonyl (C=O) groups excluding carboxylic acids is 3. The Labute approximate surface area is 135 Å². The second-order valence-electron chi connectivity index (χ2n) is 4.66. The first kappa shape index (κ1) is 18.3. The molecule has 1 aliphatic rings. The number of benzene rings is 1. The Kier molecular flexibility index (Phi) is 5.29. The second-order valence-corrected chi connectivity index (χ2v) is 4.66. The average Bonchev–Trinajstić information content (AvgIpc) is 2.60. The minimum atomic E-state index is -2.38. The summed E-state index contributed by atoms with van der Waals surface area (Å²) in [7, 11) is 0. The Hall–Kier alpha value is -3.05. The first-order valence-electron chi connectivity index (χ1n) is 6.56. The number of ether oxygens (including phenoxy) is 1. The van der Waals surface area contributed by atoms with E-state index in [4.69, 9.17) is 0 Å². The van der Waals surface area contributed by atoms with Crippen LogP contribution in [0.2, 0.25) is 0 Å². The Morgan fingerprint density at radius 2 is 1.56 bits per heavy atom. The molecule has 1 aliphatic heterocycles. The number of hydrogen-bond acceptors (Lipinski definition) is 5. The molecule has 0 fully saturated rings. The van der Waals surface area contributed by atoms with Crippen LogP contribution < -0.4 is 10.7 Å². The largest absolute Gasteiger partial charge is 0.451 e. The van der Waals surface area contributed by atoms with Gasteiger partial charge in [0, 0.05) is 12.8 Å². The summed E-state index contributed by atoms with van der Waals surface area (Å²) in [5.74, 6) is -14.2. The zero-order chi connectivity index (χ0) is 18.7. The summed E-state index contributed by atoms with van der Waals surface area (Å²) < 4.78 is 70.1. The van der Waals surface area contributed by atoms with Gasteiger partial charge in [-0.05, 0) is 0 Å². The Morgan fingerprint density at radius 3 is 2.08 bits per heavy atom. The molecule has 0 saturated carbocycles. The van der Waals surface area contributed by atoms with Crippen LogP contribution in [0.3, 0.4) is 0 Å². The van der Waals surface area contributed by atoms with Crippen LogP contribution >= 0.6 is 0 Å². The molecule has 0 aromatic heterocycles. The van der Waals surface area contributed by atoms with Gasteiger partial charge in [-0.15, -0.1) is 0 Å². The van der Waals surface area contributed by atoms with Gasteiger partial charge in [-0.1, -0.05) is 0 Å². The maximum Gasteiger partial charge on any atom is 0.355 e. The number of anilines is 1. The van der Waals surface area contributed by atoms with Crippen LogP contribution in [0.25, 0.3) is 0 Å². The second kappa shape index (κ2) is 7.23. The number of halogens is 5. The first-order valence-corrected chi connectivity index (χ1v) is 6.56. The number of hydrazone groups is 1. The fourth-order valence-corrected chi connectivity index (χ4v) is 1.73. The fourth-order valence-electron chi connectivity index (χ4n) is 1.73. The summed E-state index contributed by atoms with van der Waals surface area (Å²) in [5.41, 5.74) is 0.228. The number of rotatable bonds is 4. The van der Waals surface area contributed by atoms with E-state index < -0.39 is 59.2 Å². The van der Waals surface area contributed by atoms with Crippen molar-refractivity contribution in [2.24, 2.45) is 5.10 Å². The molecule has 0 radical (unpaired) electrons. The van der Waals surface area contributed by atoms with Crippen LogP contribution in [0.15, 0.2) is 5.10 Å². The molecular formula is C13H8F5N3O4. The molecule has 2 rings (SSSR count). The van der Waals surface area contributed by atoms with Gasteiger partial charge in [-0.2, -0.15) is 5.10 Å². The highest BCUT2D eigenvalue weighted by atomic mass is 19.2. The number of carbonyl (C=O) groups is 3. The van der Waals surface area contributed by atoms with Crippen LogP contribution in [0.5, 0.6) is 0 Å². The molecule has 2 N–H and O–H groups in total. The van der Waals surface area contributed by atoms with E-state index in [0.717, 1.165) is 0 Å². The van der Waals surface area contributed by atoms with Crippen molar-refractivity contribution in [1.82, 2.24) is 5.43 Å². The van der Waals surface area contributed by atoms with Gasteiger partial charge in [0.2, 0.25) is 11.7 Å². The topological polar surface area (TPSA) is 96.9 Å². The summed E-state index contributed by atoms with van der Waals surface area (Å²) in [6.07, 6.45) is -0.0887. The maximum absolute atomic E-state index is 13.4. The third-order valence-corrected chi connectivity index (χ3v) is 2.95. The van der Waals surface area contributed by atoms with Crippen molar-refractivity contribution in [1.29, 1.82) is 0 Å². The van der Waals surface area contributed by atoms with Gasteiger partial charge >= 0.3 is 5.97 Å². The van der Waals surface area contributed by atoms with Crippen LogP contribution in [0.1, 0.15) is 12.8 Å². The highest BCUT2D eigenvalue weighted by molar-refractivity contribution is 6.37. The predicted octanol–water partition coefficient (Wildman–Crippen LogP) is 1.13. The SMILES string of the molecule is O=C1CCC(C(=O)OCC(=O)Nc2c(F)c(F)c(F)c(F)c2F)=NN1. The maximum atomic E-state index is 13.4. The van der Waals surface area contributed by atoms with Crippen LogP contribution in [-0.2, 0) is 19.1 Å². The zero-order valence-corrected chi connectivity index (χ0v) is 12.1. The lowest BCUT2D eigenvalue weighted by Gasteiger charge is -2.12. The number of nitrogens with zero attached hydrogens (tertiary/aromatic N) is 1. The van der Waals surface area contributed by atoms with E-state index in [0.29, 0.717) is 0 Å². The molecule has 0 bridgehead atoms. The molecule has 0 aliphatic carbocycles. The molecule has 7 nitrogen and oxygen atoms in total. The molecule has 1 heterocycles. The van der Waals surface area contributed by atoms with E-state index >= 15 is 0 Å². The van der Waals surface area contributed by atoms with Crippen molar-refractivity contribution in [2.75, 3.05) is 11.9 Å². The van der Waals surface area contributed by atoms with Gasteiger partial charge in [-0.3, -0.25) is 9.59 Å². The van der Waals surface area contributed by atoms with Gasteiger partial charge in [0.15, 0.2) is 29.9 Å². The van der Waals surface area contributed by atoms with Gasteiger partial charge in [0.05, 0.1) is 0 Å². The quantitative estimate of drug-likeness (QED) is 0.362. The van der Waals surface area contributed by atoms with Crippen molar-refractivity contribution in [2.45, 2.75) is 12.8 Å². The minimum absolute atomic E-state index is 0.0370. The predicted molar refractivity (Wildman–Crippen MR) is 70.6 cm³/mol. The lowest BCUT2D eigenvalue weighted by Crippen LogP contribution is -2.32. The number of hydrogen-bond donors (Lipinski definition) is 2. The van der Waals surface area contributed by atoms with E-state index in [1.807, 2.05) is 5.43 Å². The summed E-state index contributed by atoms with van der Waals surface area (Å²) in [4.78, 5) is 33.9. The Balaban J connectivity index is 2.02. The first-order chi connectivity index (χ1) is 11.7. The molecule has 1 aromatic rings. The fraction of sp³-hybridized carbons (Fsp3) is 0.231. The van der Waals surface area contributed by atoms with Crippen LogP contribution in [0.4, 0.5) is 27.6 Å². The number of nitrogens with one attached hydrogen (secondary N) is 2.